The van der Waals surface area contributed by atoms with Crippen molar-refractivity contribution in [2.45, 2.75) is 43.3 Å². The minimum Gasteiger partial charge on any atom is -0.309 e. The van der Waals surface area contributed by atoms with Crippen LogP contribution in [0.2, 0.25) is 0 Å². The van der Waals surface area contributed by atoms with E-state index in [2.05, 4.69) is 15.0 Å². The lowest BCUT2D eigenvalue weighted by atomic mass is 10.4. The first-order chi connectivity index (χ1) is 10.0. The predicted molar refractivity (Wildman–Crippen MR) is 85.0 cm³/mol. The normalized spacial score (nSPS) is 17.0. The van der Waals surface area contributed by atoms with Gasteiger partial charge >= 0.3 is 0 Å². The number of hydrogen-bond donors (Lipinski definition) is 2. The number of aromatic nitrogens is 1. The summed E-state index contributed by atoms with van der Waals surface area (Å²) in [7, 11) is -3.49. The number of sulfonamides is 1. The van der Waals surface area contributed by atoms with Crippen LogP contribution in [0.3, 0.4) is 0 Å². The minimum absolute atomic E-state index is 0.317. The van der Waals surface area contributed by atoms with E-state index in [4.69, 9.17) is 0 Å². The van der Waals surface area contributed by atoms with Crippen LogP contribution in [-0.2, 0) is 16.6 Å². The van der Waals surface area contributed by atoms with Crippen molar-refractivity contribution in [3.05, 3.63) is 32.9 Å². The molecule has 1 saturated carbocycles. The van der Waals surface area contributed by atoms with Crippen molar-refractivity contribution in [1.82, 2.24) is 15.0 Å². The summed E-state index contributed by atoms with van der Waals surface area (Å²) in [4.78, 5) is 5.52. The molecule has 21 heavy (non-hydrogen) atoms. The third-order valence-electron chi connectivity index (χ3n) is 3.24. The van der Waals surface area contributed by atoms with E-state index >= 15 is 0 Å². The standard InChI is InChI=1S/C13H17N3O2S3/c1-9(13-14-4-5-19-13)16-21(17,18)12-6-11(20-8-12)7-15-10-2-3-10/h4-6,8-10,15-16H,2-3,7H2,1H3. The average Bonchev–Trinajstić information content (AvgIpc) is 2.96. The van der Waals surface area contributed by atoms with Crippen molar-refractivity contribution in [1.29, 1.82) is 0 Å². The molecule has 114 valence electrons. The molecule has 5 nitrogen and oxygen atoms in total. The number of nitrogens with zero attached hydrogens (tertiary/aromatic N) is 1. The maximum atomic E-state index is 12.4. The van der Waals surface area contributed by atoms with Gasteiger partial charge in [-0.05, 0) is 25.8 Å². The summed E-state index contributed by atoms with van der Waals surface area (Å²) in [5, 5.41) is 7.69. The smallest absolute Gasteiger partial charge is 0.242 e. The quantitative estimate of drug-likeness (QED) is 0.810. The Bertz CT molecular complexity index is 690. The highest BCUT2D eigenvalue weighted by Crippen LogP contribution is 2.24. The minimum atomic E-state index is -3.49. The summed E-state index contributed by atoms with van der Waals surface area (Å²) in [5.74, 6) is 0. The fourth-order valence-corrected chi connectivity index (χ4v) is 5.08. The Labute approximate surface area is 132 Å². The van der Waals surface area contributed by atoms with Gasteiger partial charge in [-0.1, -0.05) is 0 Å². The van der Waals surface area contributed by atoms with Gasteiger partial charge in [-0.2, -0.15) is 0 Å². The van der Waals surface area contributed by atoms with Gasteiger partial charge in [0.2, 0.25) is 10.0 Å². The zero-order valence-corrected chi connectivity index (χ0v) is 14.0. The Morgan fingerprint density at radius 2 is 2.24 bits per heavy atom. The maximum Gasteiger partial charge on any atom is 0.242 e. The van der Waals surface area contributed by atoms with Crippen LogP contribution in [-0.4, -0.2) is 19.4 Å². The first-order valence-electron chi connectivity index (χ1n) is 6.77. The molecule has 1 fully saturated rings. The highest BCUT2D eigenvalue weighted by atomic mass is 32.2. The van der Waals surface area contributed by atoms with Gasteiger partial charge in [0, 0.05) is 34.4 Å². The van der Waals surface area contributed by atoms with Gasteiger partial charge in [-0.3, -0.25) is 0 Å². The number of rotatable bonds is 7. The van der Waals surface area contributed by atoms with Crippen molar-refractivity contribution < 1.29 is 8.42 Å². The second-order valence-electron chi connectivity index (χ2n) is 5.12. The molecule has 8 heteroatoms. The molecule has 2 aromatic heterocycles. The fourth-order valence-electron chi connectivity index (χ4n) is 1.93. The molecule has 0 spiro atoms. The maximum absolute atomic E-state index is 12.4. The van der Waals surface area contributed by atoms with Gasteiger partial charge in [0.1, 0.15) is 5.01 Å². The molecule has 0 saturated heterocycles. The molecule has 1 aliphatic rings. The second-order valence-corrected chi connectivity index (χ2v) is 8.75. The summed E-state index contributed by atoms with van der Waals surface area (Å²) < 4.78 is 27.4. The molecule has 1 unspecified atom stereocenters. The van der Waals surface area contributed by atoms with Crippen molar-refractivity contribution >= 4 is 32.7 Å². The number of thiophene rings is 1. The molecule has 2 heterocycles. The predicted octanol–water partition coefficient (Wildman–Crippen LogP) is 2.50. The van der Waals surface area contributed by atoms with E-state index in [-0.39, 0.29) is 6.04 Å². The van der Waals surface area contributed by atoms with Crippen LogP contribution in [0, 0.1) is 0 Å². The lowest BCUT2D eigenvalue weighted by Gasteiger charge is -2.10. The van der Waals surface area contributed by atoms with Gasteiger partial charge in [-0.25, -0.2) is 18.1 Å². The summed E-state index contributed by atoms with van der Waals surface area (Å²) in [6.07, 6.45) is 4.13. The Morgan fingerprint density at radius 3 is 2.90 bits per heavy atom. The van der Waals surface area contributed by atoms with Crippen LogP contribution in [0.1, 0.15) is 35.7 Å². The SMILES string of the molecule is CC(NS(=O)(=O)c1csc(CNC2CC2)c1)c1nccs1. The third kappa shape index (κ3) is 3.89. The van der Waals surface area contributed by atoms with E-state index in [1.807, 2.05) is 5.38 Å². The first-order valence-corrected chi connectivity index (χ1v) is 10.0. The van der Waals surface area contributed by atoms with Crippen LogP contribution >= 0.6 is 22.7 Å². The molecule has 3 rings (SSSR count). The average molecular weight is 343 g/mol. The Balaban J connectivity index is 1.66. The van der Waals surface area contributed by atoms with Crippen LogP contribution in [0.4, 0.5) is 0 Å². The molecule has 0 amide bonds. The van der Waals surface area contributed by atoms with E-state index < -0.39 is 10.0 Å². The highest BCUT2D eigenvalue weighted by Gasteiger charge is 2.23. The molecule has 0 aliphatic heterocycles. The summed E-state index contributed by atoms with van der Waals surface area (Å²) in [5.41, 5.74) is 0. The van der Waals surface area contributed by atoms with Gasteiger partial charge in [0.25, 0.3) is 0 Å². The van der Waals surface area contributed by atoms with Crippen molar-refractivity contribution in [3.63, 3.8) is 0 Å². The molecule has 1 atom stereocenters. The molecule has 0 aromatic carbocycles. The molecule has 2 aromatic rings. The molecule has 0 radical (unpaired) electrons. The summed E-state index contributed by atoms with van der Waals surface area (Å²) >= 11 is 2.92. The molecule has 2 N–H and O–H groups in total. The van der Waals surface area contributed by atoms with Crippen LogP contribution < -0.4 is 10.0 Å². The van der Waals surface area contributed by atoms with Gasteiger partial charge in [0.05, 0.1) is 10.9 Å². The summed E-state index contributed by atoms with van der Waals surface area (Å²) in [6.45, 7) is 2.55. The highest BCUT2D eigenvalue weighted by molar-refractivity contribution is 7.89. The van der Waals surface area contributed by atoms with Crippen LogP contribution in [0.5, 0.6) is 0 Å². The molecular formula is C13H17N3O2S3. The number of nitrogens with one attached hydrogen (secondary N) is 2. The first kappa shape index (κ1) is 15.1. The van der Waals surface area contributed by atoms with Crippen molar-refractivity contribution in [3.8, 4) is 0 Å². The van der Waals surface area contributed by atoms with E-state index in [1.165, 1.54) is 35.5 Å². The Morgan fingerprint density at radius 1 is 1.43 bits per heavy atom. The Kier molecular flexibility index (Phi) is 4.41. The lowest BCUT2D eigenvalue weighted by molar-refractivity contribution is 0.566. The van der Waals surface area contributed by atoms with E-state index in [0.717, 1.165) is 16.4 Å². The van der Waals surface area contributed by atoms with Gasteiger partial charge in [-0.15, -0.1) is 22.7 Å². The Hall–Kier alpha value is -0.800. The van der Waals surface area contributed by atoms with Gasteiger partial charge < -0.3 is 5.32 Å². The second kappa shape index (κ2) is 6.13. The number of hydrogen-bond acceptors (Lipinski definition) is 6. The van der Waals surface area contributed by atoms with Crippen LogP contribution in [0.25, 0.3) is 0 Å². The molecule has 0 bridgehead atoms. The monoisotopic (exact) mass is 343 g/mol. The zero-order valence-electron chi connectivity index (χ0n) is 11.6. The largest absolute Gasteiger partial charge is 0.309 e. The van der Waals surface area contributed by atoms with Crippen LogP contribution in [0.15, 0.2) is 27.9 Å². The molecular weight excluding hydrogens is 326 g/mol. The fraction of sp³-hybridized carbons (Fsp3) is 0.462. The van der Waals surface area contributed by atoms with E-state index in [0.29, 0.717) is 10.9 Å². The molecule has 1 aliphatic carbocycles. The third-order valence-corrected chi connectivity index (χ3v) is 6.80. The summed E-state index contributed by atoms with van der Waals surface area (Å²) in [6, 6.07) is 2.05. The van der Waals surface area contributed by atoms with E-state index in [9.17, 15) is 8.42 Å². The van der Waals surface area contributed by atoms with Crippen molar-refractivity contribution in [2.24, 2.45) is 0 Å². The zero-order chi connectivity index (χ0) is 14.9. The van der Waals surface area contributed by atoms with E-state index in [1.54, 1.807) is 24.6 Å². The lowest BCUT2D eigenvalue weighted by Crippen LogP contribution is -2.26. The van der Waals surface area contributed by atoms with Crippen molar-refractivity contribution in [2.75, 3.05) is 0 Å². The number of thiazole rings is 1. The topological polar surface area (TPSA) is 71.1 Å². The van der Waals surface area contributed by atoms with Gasteiger partial charge in [0.15, 0.2) is 0 Å².